The number of esters is 4. The summed E-state index contributed by atoms with van der Waals surface area (Å²) >= 11 is 12.1. The quantitative estimate of drug-likeness (QED) is 0.226. The fraction of sp³-hybridized carbons (Fsp3) is 0.522. The molecule has 1 aromatic rings. The minimum atomic E-state index is -1.78. The van der Waals surface area contributed by atoms with Crippen molar-refractivity contribution in [2.45, 2.75) is 53.6 Å². The molecule has 12 nitrogen and oxygen atoms in total. The summed E-state index contributed by atoms with van der Waals surface area (Å²) in [4.78, 5) is 60.3. The Hall–Kier alpha value is -2.74. The number of halogens is 2. The van der Waals surface area contributed by atoms with Crippen LogP contribution in [0.3, 0.4) is 0 Å². The Kier molecular flexibility index (Phi) is 10.5. The normalized spacial score (nSPS) is 25.6. The maximum Gasteiger partial charge on any atom is 0.407 e. The van der Waals surface area contributed by atoms with Gasteiger partial charge in [0.1, 0.15) is 30.6 Å². The van der Waals surface area contributed by atoms with Crippen LogP contribution in [0.5, 0.6) is 0 Å². The van der Waals surface area contributed by atoms with Gasteiger partial charge in [0.15, 0.2) is 12.2 Å². The van der Waals surface area contributed by atoms with Crippen molar-refractivity contribution in [1.82, 2.24) is 5.32 Å². The SMILES string of the molecule is COC(=O)[C@]1(Sc2ccccc2)C[C@@H]2OC(=O)N[C@H]2[C@H]([C@H](OC(C)=O)[C@@H](COC(=O)CCl)OC(=O)CCl)O1. The highest BCUT2D eigenvalue weighted by Gasteiger charge is 2.60. The monoisotopic (exact) mass is 593 g/mol. The first-order valence-corrected chi connectivity index (χ1v) is 13.1. The van der Waals surface area contributed by atoms with Gasteiger partial charge in [0.25, 0.3) is 0 Å². The molecule has 1 N–H and O–H groups in total. The molecule has 0 aliphatic carbocycles. The number of fused-ring (bicyclic) bond motifs is 1. The first-order chi connectivity index (χ1) is 18.1. The Labute approximate surface area is 231 Å². The van der Waals surface area contributed by atoms with E-state index in [4.69, 9.17) is 51.6 Å². The third kappa shape index (κ3) is 7.22. The number of rotatable bonds is 11. The van der Waals surface area contributed by atoms with Gasteiger partial charge in [0.05, 0.1) is 13.2 Å². The summed E-state index contributed by atoms with van der Waals surface area (Å²) in [7, 11) is 1.17. The predicted molar refractivity (Wildman–Crippen MR) is 132 cm³/mol. The minimum absolute atomic E-state index is 0.126. The Morgan fingerprint density at radius 3 is 2.42 bits per heavy atom. The number of alkyl carbamates (subject to hydrolysis) is 1. The van der Waals surface area contributed by atoms with Crippen LogP contribution in [0, 0.1) is 0 Å². The van der Waals surface area contributed by atoms with E-state index in [9.17, 15) is 24.0 Å². The number of benzene rings is 1. The zero-order chi connectivity index (χ0) is 27.9. The molecule has 2 heterocycles. The first kappa shape index (κ1) is 29.8. The molecular weight excluding hydrogens is 569 g/mol. The third-order valence-corrected chi connectivity index (χ3v) is 7.22. The van der Waals surface area contributed by atoms with Gasteiger partial charge in [-0.3, -0.25) is 14.4 Å². The van der Waals surface area contributed by atoms with Crippen LogP contribution in [0.4, 0.5) is 4.79 Å². The zero-order valence-corrected chi connectivity index (χ0v) is 22.6. The van der Waals surface area contributed by atoms with E-state index in [1.807, 2.05) is 0 Å². The van der Waals surface area contributed by atoms with Gasteiger partial charge in [-0.25, -0.2) is 9.59 Å². The van der Waals surface area contributed by atoms with Crippen LogP contribution in [0.1, 0.15) is 13.3 Å². The molecule has 0 bridgehead atoms. The number of carbonyl (C=O) groups is 5. The molecule has 0 aromatic heterocycles. The molecule has 208 valence electrons. The summed E-state index contributed by atoms with van der Waals surface area (Å²) in [6.45, 7) is 0.490. The van der Waals surface area contributed by atoms with Crippen LogP contribution in [0.15, 0.2) is 35.2 Å². The second-order valence-electron chi connectivity index (χ2n) is 8.11. The van der Waals surface area contributed by atoms with Gasteiger partial charge in [-0.1, -0.05) is 30.0 Å². The standard InChI is InChI=1S/C23H25Cl2NO11S/c1-12(27)34-19(15(35-17(29)10-25)11-33-16(28)9-24)20-18-14(36-22(31)26-18)8-23(37-20,21(30)32-2)38-13-6-4-3-5-7-13/h3-7,14-15,18-20H,8-11H2,1-2H3,(H,26,31)/t14-,15+,18+,19+,20+,23+/m0/s1. The van der Waals surface area contributed by atoms with Gasteiger partial charge in [0, 0.05) is 18.2 Å². The molecule has 2 aliphatic heterocycles. The van der Waals surface area contributed by atoms with E-state index in [0.717, 1.165) is 18.7 Å². The van der Waals surface area contributed by atoms with Crippen LogP contribution in [-0.4, -0.2) is 90.8 Å². The molecule has 0 radical (unpaired) electrons. The average Bonchev–Trinajstić information content (AvgIpc) is 3.28. The Balaban J connectivity index is 2.07. The van der Waals surface area contributed by atoms with Crippen LogP contribution < -0.4 is 5.32 Å². The number of methoxy groups -OCH3 is 1. The molecule has 15 heteroatoms. The summed E-state index contributed by atoms with van der Waals surface area (Å²) in [6, 6.07) is 7.80. The lowest BCUT2D eigenvalue weighted by atomic mass is 9.90. The number of alkyl halides is 2. The van der Waals surface area contributed by atoms with E-state index in [2.05, 4.69) is 5.32 Å². The average molecular weight is 594 g/mol. The van der Waals surface area contributed by atoms with E-state index >= 15 is 0 Å². The molecule has 38 heavy (non-hydrogen) atoms. The highest BCUT2D eigenvalue weighted by atomic mass is 35.5. The van der Waals surface area contributed by atoms with Crippen molar-refractivity contribution in [3.8, 4) is 0 Å². The molecule has 0 spiro atoms. The summed E-state index contributed by atoms with van der Waals surface area (Å²) in [5.41, 5.74) is 0. The lowest BCUT2D eigenvalue weighted by molar-refractivity contribution is -0.214. The molecule has 0 saturated carbocycles. The smallest absolute Gasteiger partial charge is 0.407 e. The van der Waals surface area contributed by atoms with E-state index in [0.29, 0.717) is 4.90 Å². The summed E-state index contributed by atoms with van der Waals surface area (Å²) in [5.74, 6) is -4.46. The fourth-order valence-corrected chi connectivity index (χ4v) is 5.43. The minimum Gasteiger partial charge on any atom is -0.466 e. The summed E-state index contributed by atoms with van der Waals surface area (Å²) < 4.78 is 32.6. The van der Waals surface area contributed by atoms with Crippen molar-refractivity contribution in [1.29, 1.82) is 0 Å². The molecule has 6 atom stereocenters. The third-order valence-electron chi connectivity index (χ3n) is 5.52. The molecular formula is C23H25Cl2NO11S. The lowest BCUT2D eigenvalue weighted by Gasteiger charge is -2.45. The topological polar surface area (TPSA) is 153 Å². The second-order valence-corrected chi connectivity index (χ2v) is 9.98. The second kappa shape index (κ2) is 13.4. The van der Waals surface area contributed by atoms with Crippen molar-refractivity contribution >= 4 is 64.9 Å². The van der Waals surface area contributed by atoms with Crippen molar-refractivity contribution in [2.75, 3.05) is 25.5 Å². The van der Waals surface area contributed by atoms with Crippen LogP contribution >= 0.6 is 35.0 Å². The number of nitrogens with one attached hydrogen (secondary N) is 1. The highest BCUT2D eigenvalue weighted by molar-refractivity contribution is 8.01. The molecule has 1 amide bonds. The zero-order valence-electron chi connectivity index (χ0n) is 20.3. The summed E-state index contributed by atoms with van der Waals surface area (Å²) in [5, 5.41) is 2.58. The Morgan fingerprint density at radius 2 is 1.82 bits per heavy atom. The maximum atomic E-state index is 13.2. The molecule has 0 unspecified atom stereocenters. The number of hydrogen-bond donors (Lipinski definition) is 1. The van der Waals surface area contributed by atoms with Crippen LogP contribution in [0.25, 0.3) is 0 Å². The Morgan fingerprint density at radius 1 is 1.13 bits per heavy atom. The molecule has 2 fully saturated rings. The number of amides is 1. The number of thioether (sulfide) groups is 1. The number of ether oxygens (including phenoxy) is 6. The van der Waals surface area contributed by atoms with Gasteiger partial charge in [0.2, 0.25) is 4.93 Å². The van der Waals surface area contributed by atoms with E-state index in [1.54, 1.807) is 30.3 Å². The largest absolute Gasteiger partial charge is 0.466 e. The number of hydrogen-bond acceptors (Lipinski definition) is 12. The van der Waals surface area contributed by atoms with Crippen molar-refractivity contribution in [3.63, 3.8) is 0 Å². The molecule has 2 aliphatic rings. The van der Waals surface area contributed by atoms with Gasteiger partial charge in [-0.05, 0) is 12.1 Å². The lowest BCUT2D eigenvalue weighted by Crippen LogP contribution is -2.64. The first-order valence-electron chi connectivity index (χ1n) is 11.2. The molecule has 3 rings (SSSR count). The predicted octanol–water partition coefficient (Wildman–Crippen LogP) is 1.78. The van der Waals surface area contributed by atoms with Crippen molar-refractivity contribution in [2.24, 2.45) is 0 Å². The van der Waals surface area contributed by atoms with E-state index in [-0.39, 0.29) is 6.42 Å². The van der Waals surface area contributed by atoms with Gasteiger partial charge in [-0.2, -0.15) is 0 Å². The summed E-state index contributed by atoms with van der Waals surface area (Å²) in [6.07, 6.45) is -6.18. The Bertz CT molecular complexity index is 1050. The number of carbonyl (C=O) groups excluding carboxylic acids is 5. The van der Waals surface area contributed by atoms with Gasteiger partial charge in [-0.15, -0.1) is 23.2 Å². The van der Waals surface area contributed by atoms with E-state index in [1.165, 1.54) is 7.11 Å². The van der Waals surface area contributed by atoms with Gasteiger partial charge < -0.3 is 33.7 Å². The maximum absolute atomic E-state index is 13.2. The van der Waals surface area contributed by atoms with Crippen molar-refractivity contribution < 1.29 is 52.4 Å². The highest BCUT2D eigenvalue weighted by Crippen LogP contribution is 2.46. The van der Waals surface area contributed by atoms with Gasteiger partial charge >= 0.3 is 30.0 Å². The van der Waals surface area contributed by atoms with E-state index < -0.39 is 83.7 Å². The fourth-order valence-electron chi connectivity index (χ4n) is 4.04. The van der Waals surface area contributed by atoms with Crippen LogP contribution in [0.2, 0.25) is 0 Å². The molecule has 2 saturated heterocycles. The van der Waals surface area contributed by atoms with Crippen LogP contribution in [-0.2, 0) is 47.6 Å². The molecule has 1 aromatic carbocycles. The van der Waals surface area contributed by atoms with Crippen molar-refractivity contribution in [3.05, 3.63) is 30.3 Å².